The van der Waals surface area contributed by atoms with E-state index in [1.807, 2.05) is 6.92 Å². The number of amides is 1. The van der Waals surface area contributed by atoms with Crippen LogP contribution in [0.1, 0.15) is 47.5 Å². The minimum absolute atomic E-state index is 0.150. The highest BCUT2D eigenvalue weighted by Gasteiger charge is 2.11. The Hall–Kier alpha value is -0.570. The zero-order valence-corrected chi connectivity index (χ0v) is 10.8. The van der Waals surface area contributed by atoms with Crippen molar-refractivity contribution in [1.29, 1.82) is 0 Å². The highest BCUT2D eigenvalue weighted by Crippen LogP contribution is 2.04. The van der Waals surface area contributed by atoms with E-state index in [1.54, 1.807) is 0 Å². The van der Waals surface area contributed by atoms with Gasteiger partial charge in [0.25, 0.3) is 0 Å². The number of hydrogen-bond donors (Lipinski definition) is 2. The third-order valence-corrected chi connectivity index (χ3v) is 2.28. The van der Waals surface area contributed by atoms with Gasteiger partial charge in [0.1, 0.15) is 0 Å². The van der Waals surface area contributed by atoms with E-state index in [1.165, 1.54) is 0 Å². The lowest BCUT2D eigenvalue weighted by molar-refractivity contribution is -0.122. The molecule has 0 aromatic carbocycles. The highest BCUT2D eigenvalue weighted by molar-refractivity contribution is 5.76. The molecular formula is C12H26N2O. The van der Waals surface area contributed by atoms with Gasteiger partial charge in [-0.3, -0.25) is 4.79 Å². The number of hydrogen-bond acceptors (Lipinski definition) is 2. The molecule has 0 aliphatic carbocycles. The molecule has 0 aliphatic rings. The van der Waals surface area contributed by atoms with Gasteiger partial charge >= 0.3 is 0 Å². The molecule has 2 atom stereocenters. The number of carbonyl (C=O) groups is 1. The van der Waals surface area contributed by atoms with E-state index in [2.05, 4.69) is 38.3 Å². The van der Waals surface area contributed by atoms with Crippen molar-refractivity contribution in [2.24, 2.45) is 5.92 Å². The van der Waals surface area contributed by atoms with Crippen LogP contribution in [0.15, 0.2) is 0 Å². The van der Waals surface area contributed by atoms with Gasteiger partial charge in [-0.05, 0) is 32.7 Å². The first-order valence-electron chi connectivity index (χ1n) is 5.98. The first-order valence-corrected chi connectivity index (χ1v) is 5.98. The van der Waals surface area contributed by atoms with E-state index in [4.69, 9.17) is 0 Å². The summed E-state index contributed by atoms with van der Waals surface area (Å²) in [5.74, 6) is 0.781. The quantitative estimate of drug-likeness (QED) is 0.680. The molecule has 0 aromatic rings. The van der Waals surface area contributed by atoms with Crippen LogP contribution in [0.5, 0.6) is 0 Å². The third-order valence-electron chi connectivity index (χ3n) is 2.28. The molecule has 3 heteroatoms. The standard InChI is InChI=1S/C12H26N2O/c1-6-13-10(4)8-12(15)14-11(5)7-9(2)3/h9-11,13H,6-8H2,1-5H3,(H,14,15). The van der Waals surface area contributed by atoms with Gasteiger partial charge in [0, 0.05) is 18.5 Å². The number of carbonyl (C=O) groups excluding carboxylic acids is 1. The second-order valence-corrected chi connectivity index (χ2v) is 4.76. The minimum Gasteiger partial charge on any atom is -0.354 e. The summed E-state index contributed by atoms with van der Waals surface area (Å²) in [6.07, 6.45) is 1.61. The second-order valence-electron chi connectivity index (χ2n) is 4.76. The largest absolute Gasteiger partial charge is 0.354 e. The fourth-order valence-electron chi connectivity index (χ4n) is 1.80. The van der Waals surface area contributed by atoms with Crippen LogP contribution < -0.4 is 10.6 Å². The fraction of sp³-hybridized carbons (Fsp3) is 0.917. The molecule has 90 valence electrons. The Bertz CT molecular complexity index is 180. The number of nitrogens with one attached hydrogen (secondary N) is 2. The molecule has 1 amide bonds. The van der Waals surface area contributed by atoms with Gasteiger partial charge in [0.15, 0.2) is 0 Å². The molecule has 2 unspecified atom stereocenters. The normalized spacial score (nSPS) is 15.1. The predicted octanol–water partition coefficient (Wildman–Crippen LogP) is 1.93. The van der Waals surface area contributed by atoms with Gasteiger partial charge in [0.05, 0.1) is 0 Å². The molecule has 0 spiro atoms. The molecule has 0 fully saturated rings. The lowest BCUT2D eigenvalue weighted by atomic mass is 10.1. The molecule has 2 N–H and O–H groups in total. The van der Waals surface area contributed by atoms with Crippen LogP contribution in [-0.2, 0) is 4.79 Å². The zero-order chi connectivity index (χ0) is 11.8. The molecule has 0 radical (unpaired) electrons. The maximum absolute atomic E-state index is 11.6. The van der Waals surface area contributed by atoms with Crippen molar-refractivity contribution in [3.05, 3.63) is 0 Å². The summed E-state index contributed by atoms with van der Waals surface area (Å²) < 4.78 is 0. The molecule has 15 heavy (non-hydrogen) atoms. The average Bonchev–Trinajstić information content (AvgIpc) is 2.00. The smallest absolute Gasteiger partial charge is 0.221 e. The Morgan fingerprint density at radius 2 is 1.73 bits per heavy atom. The monoisotopic (exact) mass is 214 g/mol. The maximum Gasteiger partial charge on any atom is 0.221 e. The van der Waals surface area contributed by atoms with Crippen LogP contribution >= 0.6 is 0 Å². The first kappa shape index (κ1) is 14.4. The molecule has 0 bridgehead atoms. The van der Waals surface area contributed by atoms with E-state index in [-0.39, 0.29) is 18.0 Å². The summed E-state index contributed by atoms with van der Waals surface area (Å²) in [6.45, 7) is 11.4. The number of rotatable bonds is 7. The van der Waals surface area contributed by atoms with Crippen LogP contribution in [0.3, 0.4) is 0 Å². The van der Waals surface area contributed by atoms with Crippen molar-refractivity contribution >= 4 is 5.91 Å². The lowest BCUT2D eigenvalue weighted by Gasteiger charge is -2.18. The van der Waals surface area contributed by atoms with Crippen molar-refractivity contribution in [1.82, 2.24) is 10.6 Å². The Morgan fingerprint density at radius 3 is 2.20 bits per heavy atom. The highest BCUT2D eigenvalue weighted by atomic mass is 16.1. The van der Waals surface area contributed by atoms with E-state index < -0.39 is 0 Å². The average molecular weight is 214 g/mol. The third kappa shape index (κ3) is 8.43. The SMILES string of the molecule is CCNC(C)CC(=O)NC(C)CC(C)C. The molecule has 0 heterocycles. The predicted molar refractivity (Wildman–Crippen MR) is 64.8 cm³/mol. The molecular weight excluding hydrogens is 188 g/mol. The van der Waals surface area contributed by atoms with Crippen molar-refractivity contribution in [3.8, 4) is 0 Å². The molecule has 0 rings (SSSR count). The Kier molecular flexibility index (Phi) is 7.39. The minimum atomic E-state index is 0.150. The van der Waals surface area contributed by atoms with Crippen molar-refractivity contribution in [2.75, 3.05) is 6.54 Å². The van der Waals surface area contributed by atoms with Crippen LogP contribution in [0.2, 0.25) is 0 Å². The molecule has 0 aromatic heterocycles. The van der Waals surface area contributed by atoms with Crippen LogP contribution in [0, 0.1) is 5.92 Å². The van der Waals surface area contributed by atoms with Crippen LogP contribution in [0.25, 0.3) is 0 Å². The van der Waals surface area contributed by atoms with Crippen molar-refractivity contribution in [2.45, 2.75) is 59.5 Å². The topological polar surface area (TPSA) is 41.1 Å². The van der Waals surface area contributed by atoms with E-state index >= 15 is 0 Å². The van der Waals surface area contributed by atoms with Gasteiger partial charge in [0.2, 0.25) is 5.91 Å². The summed E-state index contributed by atoms with van der Waals surface area (Å²) in [4.78, 5) is 11.6. The van der Waals surface area contributed by atoms with Gasteiger partial charge < -0.3 is 10.6 Å². The first-order chi connectivity index (χ1) is 6.95. The van der Waals surface area contributed by atoms with Gasteiger partial charge in [-0.25, -0.2) is 0 Å². The van der Waals surface area contributed by atoms with Gasteiger partial charge in [-0.2, -0.15) is 0 Å². The van der Waals surface area contributed by atoms with Crippen LogP contribution in [-0.4, -0.2) is 24.5 Å². The lowest BCUT2D eigenvalue weighted by Crippen LogP contribution is -2.38. The fourth-order valence-corrected chi connectivity index (χ4v) is 1.80. The maximum atomic E-state index is 11.6. The summed E-state index contributed by atoms with van der Waals surface area (Å²) >= 11 is 0. The molecule has 3 nitrogen and oxygen atoms in total. The summed E-state index contributed by atoms with van der Waals surface area (Å²) in [7, 11) is 0. The molecule has 0 aliphatic heterocycles. The Balaban J connectivity index is 3.72. The van der Waals surface area contributed by atoms with E-state index in [9.17, 15) is 4.79 Å². The Morgan fingerprint density at radius 1 is 1.13 bits per heavy atom. The van der Waals surface area contributed by atoms with Crippen molar-refractivity contribution in [3.63, 3.8) is 0 Å². The molecule has 0 saturated heterocycles. The summed E-state index contributed by atoms with van der Waals surface area (Å²) in [5.41, 5.74) is 0. The summed E-state index contributed by atoms with van der Waals surface area (Å²) in [6, 6.07) is 0.549. The summed E-state index contributed by atoms with van der Waals surface area (Å²) in [5, 5.41) is 6.25. The zero-order valence-electron chi connectivity index (χ0n) is 10.8. The second kappa shape index (κ2) is 7.69. The van der Waals surface area contributed by atoms with Gasteiger partial charge in [-0.1, -0.05) is 20.8 Å². The van der Waals surface area contributed by atoms with E-state index in [0.29, 0.717) is 12.3 Å². The Labute approximate surface area is 94.0 Å². The van der Waals surface area contributed by atoms with E-state index in [0.717, 1.165) is 13.0 Å². The molecule has 0 saturated carbocycles. The van der Waals surface area contributed by atoms with Crippen molar-refractivity contribution < 1.29 is 4.79 Å². The van der Waals surface area contributed by atoms with Crippen LogP contribution in [0.4, 0.5) is 0 Å². The van der Waals surface area contributed by atoms with Gasteiger partial charge in [-0.15, -0.1) is 0 Å².